The number of aromatic amines is 1. The van der Waals surface area contributed by atoms with Crippen molar-refractivity contribution in [2.75, 3.05) is 45.7 Å². The SMILES string of the molecule is COCCOc1nc(N)c2[nH]cc(C/C(C)=C/N=C(\C)CN3CCCC3)c2n1. The lowest BCUT2D eigenvalue weighted by Gasteiger charge is -2.13. The highest BCUT2D eigenvalue weighted by Crippen LogP contribution is 2.24. The van der Waals surface area contributed by atoms with Crippen molar-refractivity contribution in [2.24, 2.45) is 4.99 Å². The van der Waals surface area contributed by atoms with E-state index in [4.69, 9.17) is 15.2 Å². The van der Waals surface area contributed by atoms with Crippen molar-refractivity contribution in [2.45, 2.75) is 33.1 Å². The zero-order valence-electron chi connectivity index (χ0n) is 17.0. The summed E-state index contributed by atoms with van der Waals surface area (Å²) in [6.07, 6.45) is 7.20. The molecule has 3 heterocycles. The van der Waals surface area contributed by atoms with Crippen molar-refractivity contribution in [1.82, 2.24) is 19.9 Å². The summed E-state index contributed by atoms with van der Waals surface area (Å²) in [5.41, 5.74) is 10.9. The van der Waals surface area contributed by atoms with Crippen molar-refractivity contribution in [3.63, 3.8) is 0 Å². The summed E-state index contributed by atoms with van der Waals surface area (Å²) >= 11 is 0. The third-order valence-electron chi connectivity index (χ3n) is 4.76. The van der Waals surface area contributed by atoms with Crippen molar-refractivity contribution in [3.8, 4) is 6.01 Å². The van der Waals surface area contributed by atoms with E-state index in [1.807, 2.05) is 12.4 Å². The third-order valence-corrected chi connectivity index (χ3v) is 4.76. The fraction of sp³-hybridized carbons (Fsp3) is 0.550. The highest BCUT2D eigenvalue weighted by Gasteiger charge is 2.13. The molecule has 8 nitrogen and oxygen atoms in total. The van der Waals surface area contributed by atoms with E-state index in [-0.39, 0.29) is 6.01 Å². The van der Waals surface area contributed by atoms with Crippen molar-refractivity contribution >= 4 is 22.6 Å². The molecule has 152 valence electrons. The maximum absolute atomic E-state index is 6.05. The van der Waals surface area contributed by atoms with Crippen LogP contribution < -0.4 is 10.5 Å². The summed E-state index contributed by atoms with van der Waals surface area (Å²) < 4.78 is 10.5. The number of hydrogen-bond acceptors (Lipinski definition) is 7. The average molecular weight is 387 g/mol. The molecule has 8 heteroatoms. The standard InChI is InChI=1S/C20H30N6O2/c1-14(11-22-15(2)13-26-6-4-5-7-26)10-16-12-23-18-17(16)24-20(25-19(18)21)28-9-8-27-3/h11-12,23H,4-10,13H2,1-3H3,(H2,21,24,25)/b14-11+,22-15+. The van der Waals surface area contributed by atoms with Crippen LogP contribution in [0.3, 0.4) is 0 Å². The number of nitrogens with two attached hydrogens (primary N) is 1. The van der Waals surface area contributed by atoms with Gasteiger partial charge in [-0.05, 0) is 46.2 Å². The van der Waals surface area contributed by atoms with E-state index in [0.717, 1.165) is 40.8 Å². The number of aromatic nitrogens is 3. The number of nitrogens with zero attached hydrogens (tertiary/aromatic N) is 4. The minimum Gasteiger partial charge on any atom is -0.461 e. The Labute approximate surface area is 165 Å². The smallest absolute Gasteiger partial charge is 0.319 e. The first-order valence-electron chi connectivity index (χ1n) is 9.73. The number of allylic oxidation sites excluding steroid dienone is 1. The summed E-state index contributed by atoms with van der Waals surface area (Å²) in [5, 5.41) is 0. The van der Waals surface area contributed by atoms with Gasteiger partial charge in [-0.25, -0.2) is 0 Å². The van der Waals surface area contributed by atoms with E-state index in [1.54, 1.807) is 7.11 Å². The van der Waals surface area contributed by atoms with Gasteiger partial charge in [0.2, 0.25) is 0 Å². The Kier molecular flexibility index (Phi) is 7.00. The van der Waals surface area contributed by atoms with Crippen LogP contribution in [0.25, 0.3) is 11.0 Å². The number of nitrogen functional groups attached to an aromatic ring is 1. The Balaban J connectivity index is 1.69. The van der Waals surface area contributed by atoms with Gasteiger partial charge in [0.15, 0.2) is 5.82 Å². The minimum absolute atomic E-state index is 0.268. The fourth-order valence-electron chi connectivity index (χ4n) is 3.35. The molecule has 0 aliphatic carbocycles. The Hall–Kier alpha value is -2.45. The van der Waals surface area contributed by atoms with E-state index in [0.29, 0.717) is 19.0 Å². The molecule has 28 heavy (non-hydrogen) atoms. The van der Waals surface area contributed by atoms with E-state index < -0.39 is 0 Å². The van der Waals surface area contributed by atoms with Gasteiger partial charge in [0, 0.05) is 37.3 Å². The van der Waals surface area contributed by atoms with Crippen LogP contribution in [0.1, 0.15) is 32.3 Å². The summed E-state index contributed by atoms with van der Waals surface area (Å²) in [6, 6.07) is 0.268. The largest absolute Gasteiger partial charge is 0.461 e. The van der Waals surface area contributed by atoms with Crippen LogP contribution in [0.4, 0.5) is 5.82 Å². The molecule has 0 atom stereocenters. The monoisotopic (exact) mass is 386 g/mol. The second-order valence-electron chi connectivity index (χ2n) is 7.27. The van der Waals surface area contributed by atoms with Crippen molar-refractivity contribution < 1.29 is 9.47 Å². The number of aliphatic imine (C=N–C) groups is 1. The van der Waals surface area contributed by atoms with Gasteiger partial charge < -0.3 is 20.2 Å². The third kappa shape index (κ3) is 5.30. The Morgan fingerprint density at radius 2 is 2.07 bits per heavy atom. The second kappa shape index (κ2) is 9.66. The van der Waals surface area contributed by atoms with Gasteiger partial charge in [-0.15, -0.1) is 0 Å². The van der Waals surface area contributed by atoms with Crippen LogP contribution in [0.15, 0.2) is 23.0 Å². The number of nitrogens with one attached hydrogen (secondary N) is 1. The van der Waals surface area contributed by atoms with E-state index in [1.165, 1.54) is 25.9 Å². The Morgan fingerprint density at radius 1 is 1.29 bits per heavy atom. The highest BCUT2D eigenvalue weighted by molar-refractivity contribution is 5.88. The average Bonchev–Trinajstić information content (AvgIpc) is 3.31. The maximum Gasteiger partial charge on any atom is 0.319 e. The quantitative estimate of drug-likeness (QED) is 0.507. The minimum atomic E-state index is 0.268. The lowest BCUT2D eigenvalue weighted by atomic mass is 10.1. The van der Waals surface area contributed by atoms with E-state index >= 15 is 0 Å². The van der Waals surface area contributed by atoms with Crippen LogP contribution >= 0.6 is 0 Å². The molecule has 1 aliphatic rings. The molecule has 0 aromatic carbocycles. The van der Waals surface area contributed by atoms with Crippen LogP contribution in [-0.2, 0) is 11.2 Å². The van der Waals surface area contributed by atoms with Crippen LogP contribution in [0, 0.1) is 0 Å². The predicted molar refractivity (Wildman–Crippen MR) is 112 cm³/mol. The van der Waals surface area contributed by atoms with E-state index in [2.05, 4.69) is 38.7 Å². The number of H-pyrrole nitrogens is 1. The Bertz CT molecular complexity index is 852. The topological polar surface area (TPSA) is 102 Å². The first-order valence-corrected chi connectivity index (χ1v) is 9.73. The van der Waals surface area contributed by atoms with Crippen LogP contribution in [0.2, 0.25) is 0 Å². The normalized spacial score (nSPS) is 16.2. The summed E-state index contributed by atoms with van der Waals surface area (Å²) in [4.78, 5) is 19.0. The molecule has 3 N–H and O–H groups in total. The molecular weight excluding hydrogens is 356 g/mol. The maximum atomic E-state index is 6.05. The molecular formula is C20H30N6O2. The number of hydrogen-bond donors (Lipinski definition) is 2. The number of fused-ring (bicyclic) bond motifs is 1. The lowest BCUT2D eigenvalue weighted by Crippen LogP contribution is -2.25. The molecule has 3 rings (SSSR count). The zero-order chi connectivity index (χ0) is 19.9. The Morgan fingerprint density at radius 3 is 2.82 bits per heavy atom. The predicted octanol–water partition coefficient (Wildman–Crippen LogP) is 2.57. The number of rotatable bonds is 9. The lowest BCUT2D eigenvalue weighted by molar-refractivity contribution is 0.141. The summed E-state index contributed by atoms with van der Waals surface area (Å²) in [6.45, 7) is 8.32. The number of ether oxygens (including phenoxy) is 2. The molecule has 2 aromatic heterocycles. The van der Waals surface area contributed by atoms with Gasteiger partial charge in [-0.2, -0.15) is 9.97 Å². The van der Waals surface area contributed by atoms with Gasteiger partial charge in [-0.1, -0.05) is 5.57 Å². The van der Waals surface area contributed by atoms with Crippen molar-refractivity contribution in [1.29, 1.82) is 0 Å². The van der Waals surface area contributed by atoms with Gasteiger partial charge in [0.1, 0.15) is 17.6 Å². The second-order valence-corrected chi connectivity index (χ2v) is 7.27. The fourth-order valence-corrected chi connectivity index (χ4v) is 3.35. The molecule has 0 bridgehead atoms. The molecule has 0 spiro atoms. The van der Waals surface area contributed by atoms with Gasteiger partial charge >= 0.3 is 6.01 Å². The molecule has 1 saturated heterocycles. The van der Waals surface area contributed by atoms with Gasteiger partial charge in [0.05, 0.1) is 6.61 Å². The van der Waals surface area contributed by atoms with Crippen molar-refractivity contribution in [3.05, 3.63) is 23.5 Å². The molecule has 0 saturated carbocycles. The first kappa shape index (κ1) is 20.3. The highest BCUT2D eigenvalue weighted by atomic mass is 16.5. The molecule has 1 fully saturated rings. The number of likely N-dealkylation sites (tertiary alicyclic amines) is 1. The van der Waals surface area contributed by atoms with Crippen LogP contribution in [0.5, 0.6) is 6.01 Å². The van der Waals surface area contributed by atoms with Gasteiger partial charge in [0.25, 0.3) is 0 Å². The summed E-state index contributed by atoms with van der Waals surface area (Å²) in [7, 11) is 1.62. The molecule has 0 unspecified atom stereocenters. The van der Waals surface area contributed by atoms with Crippen LogP contribution in [-0.4, -0.2) is 65.5 Å². The van der Waals surface area contributed by atoms with Gasteiger partial charge in [-0.3, -0.25) is 9.89 Å². The molecule has 2 aromatic rings. The molecule has 0 amide bonds. The summed E-state index contributed by atoms with van der Waals surface area (Å²) in [5.74, 6) is 0.379. The zero-order valence-corrected chi connectivity index (χ0v) is 17.0. The number of methoxy groups -OCH3 is 1. The number of anilines is 1. The molecule has 1 aliphatic heterocycles. The molecule has 0 radical (unpaired) electrons. The van der Waals surface area contributed by atoms with E-state index in [9.17, 15) is 0 Å². The first-order chi connectivity index (χ1) is 13.6.